The lowest BCUT2D eigenvalue weighted by atomic mass is 10.0. The molecule has 4 atom stereocenters. The van der Waals surface area contributed by atoms with Crippen LogP contribution in [0.15, 0.2) is 30.3 Å². The fraction of sp³-hybridized carbons (Fsp3) is 0.421. The van der Waals surface area contributed by atoms with E-state index in [0.717, 1.165) is 5.56 Å². The maximum atomic E-state index is 12.3. The van der Waals surface area contributed by atoms with E-state index in [1.165, 1.54) is 6.92 Å². The average Bonchev–Trinajstić information content (AvgIpc) is 2.69. The lowest BCUT2D eigenvalue weighted by molar-refractivity contribution is -0.143. The van der Waals surface area contributed by atoms with Crippen LogP contribution in [0, 0.1) is 0 Å². The van der Waals surface area contributed by atoms with E-state index in [0.29, 0.717) is 0 Å². The first kappa shape index (κ1) is 25.5. The molecule has 0 spiro atoms. The number of amides is 4. The predicted octanol–water partition coefficient (Wildman–Crippen LogP) is -3.02. The van der Waals surface area contributed by atoms with Gasteiger partial charge in [0.15, 0.2) is 0 Å². The van der Waals surface area contributed by atoms with Crippen LogP contribution >= 0.6 is 0 Å². The highest BCUT2D eigenvalue weighted by atomic mass is 16.4. The molecular formula is C19H27N5O7. The van der Waals surface area contributed by atoms with Gasteiger partial charge < -0.3 is 37.6 Å². The van der Waals surface area contributed by atoms with Gasteiger partial charge in [-0.1, -0.05) is 30.3 Å². The Kier molecular flexibility index (Phi) is 10.1. The van der Waals surface area contributed by atoms with Gasteiger partial charge in [-0.15, -0.1) is 0 Å². The Morgan fingerprint density at radius 3 is 2.16 bits per heavy atom. The van der Waals surface area contributed by atoms with Crippen molar-refractivity contribution in [1.29, 1.82) is 0 Å². The van der Waals surface area contributed by atoms with Crippen molar-refractivity contribution in [3.63, 3.8) is 0 Å². The highest BCUT2D eigenvalue weighted by Gasteiger charge is 2.28. The molecule has 12 nitrogen and oxygen atoms in total. The first-order chi connectivity index (χ1) is 14.5. The molecule has 170 valence electrons. The van der Waals surface area contributed by atoms with Gasteiger partial charge in [-0.25, -0.2) is 4.79 Å². The number of aliphatic carboxylic acids is 1. The molecular weight excluding hydrogens is 410 g/mol. The summed E-state index contributed by atoms with van der Waals surface area (Å²) in [4.78, 5) is 58.4. The van der Waals surface area contributed by atoms with Gasteiger partial charge in [-0.05, 0) is 18.9 Å². The molecule has 31 heavy (non-hydrogen) atoms. The summed E-state index contributed by atoms with van der Waals surface area (Å²) in [6, 6.07) is 5.02. The molecule has 0 radical (unpaired) electrons. The number of rotatable bonds is 12. The van der Waals surface area contributed by atoms with Gasteiger partial charge in [0.05, 0.1) is 25.1 Å². The van der Waals surface area contributed by atoms with Crippen LogP contribution in [0.1, 0.15) is 18.9 Å². The molecule has 0 aromatic heterocycles. The number of primary amides is 1. The standard InChI is InChI=1S/C19H27N5O7/c1-10(25)16(24-17(28)12(20)7-11-5-3-2-4-6-11)18(29)22-9-15(27)23-13(19(30)31)8-14(21)26/h2-6,10,12-13,16,25H,7-9,20H2,1H3,(H2,21,26)(H,22,29)(H,23,27)(H,24,28)(H,30,31). The minimum Gasteiger partial charge on any atom is -0.480 e. The van der Waals surface area contributed by atoms with Crippen molar-refractivity contribution in [3.8, 4) is 0 Å². The molecule has 0 saturated carbocycles. The molecule has 0 aliphatic carbocycles. The van der Waals surface area contributed by atoms with Crippen LogP contribution < -0.4 is 27.4 Å². The van der Waals surface area contributed by atoms with Gasteiger partial charge >= 0.3 is 5.97 Å². The molecule has 0 saturated heterocycles. The lowest BCUT2D eigenvalue weighted by Gasteiger charge is -2.23. The number of carbonyl (C=O) groups excluding carboxylic acids is 4. The van der Waals surface area contributed by atoms with Crippen LogP contribution in [-0.2, 0) is 30.4 Å². The third kappa shape index (κ3) is 9.23. The summed E-state index contributed by atoms with van der Waals surface area (Å²) in [7, 11) is 0. The SMILES string of the molecule is CC(O)C(NC(=O)C(N)Cc1ccccc1)C(=O)NCC(=O)NC(CC(N)=O)C(=O)O. The summed E-state index contributed by atoms with van der Waals surface area (Å²) in [5.74, 6) is -4.87. The van der Waals surface area contributed by atoms with Crippen molar-refractivity contribution >= 4 is 29.6 Å². The topological polar surface area (TPSA) is 214 Å². The normalized spacial score (nSPS) is 14.4. The maximum absolute atomic E-state index is 12.3. The number of hydrogen-bond acceptors (Lipinski definition) is 7. The summed E-state index contributed by atoms with van der Waals surface area (Å²) in [5.41, 5.74) is 11.6. The van der Waals surface area contributed by atoms with E-state index in [4.69, 9.17) is 16.6 Å². The van der Waals surface area contributed by atoms with Crippen LogP contribution in [0.25, 0.3) is 0 Å². The van der Waals surface area contributed by atoms with Gasteiger partial charge in [0, 0.05) is 0 Å². The van der Waals surface area contributed by atoms with Gasteiger partial charge in [0.1, 0.15) is 12.1 Å². The smallest absolute Gasteiger partial charge is 0.326 e. The van der Waals surface area contributed by atoms with Gasteiger partial charge in [0.2, 0.25) is 23.6 Å². The number of aliphatic hydroxyl groups excluding tert-OH is 1. The molecule has 0 aliphatic rings. The fourth-order valence-electron chi connectivity index (χ4n) is 2.55. The zero-order valence-corrected chi connectivity index (χ0v) is 16.9. The maximum Gasteiger partial charge on any atom is 0.326 e. The van der Waals surface area contributed by atoms with Crippen LogP contribution in [0.2, 0.25) is 0 Å². The first-order valence-electron chi connectivity index (χ1n) is 9.37. The molecule has 9 N–H and O–H groups in total. The monoisotopic (exact) mass is 437 g/mol. The minimum atomic E-state index is -1.55. The number of carboxylic acids is 1. The second-order valence-electron chi connectivity index (χ2n) is 6.87. The van der Waals surface area contributed by atoms with E-state index in [1.807, 2.05) is 11.4 Å². The van der Waals surface area contributed by atoms with E-state index in [9.17, 15) is 29.1 Å². The second-order valence-corrected chi connectivity index (χ2v) is 6.87. The van der Waals surface area contributed by atoms with Gasteiger partial charge in [-0.2, -0.15) is 0 Å². The van der Waals surface area contributed by atoms with E-state index in [-0.39, 0.29) is 6.42 Å². The summed E-state index contributed by atoms with van der Waals surface area (Å²) in [5, 5.41) is 25.3. The molecule has 0 fully saturated rings. The molecule has 0 heterocycles. The summed E-state index contributed by atoms with van der Waals surface area (Å²) in [6.07, 6.45) is -1.72. The lowest BCUT2D eigenvalue weighted by Crippen LogP contribution is -2.57. The molecule has 1 aromatic carbocycles. The third-order valence-electron chi connectivity index (χ3n) is 4.16. The zero-order valence-electron chi connectivity index (χ0n) is 16.9. The van der Waals surface area contributed by atoms with E-state index in [1.54, 1.807) is 24.3 Å². The van der Waals surface area contributed by atoms with Crippen molar-refractivity contribution < 1.29 is 34.2 Å². The Morgan fingerprint density at radius 1 is 1.03 bits per heavy atom. The number of carboxylic acid groups (broad SMARTS) is 1. The van der Waals surface area contributed by atoms with E-state index >= 15 is 0 Å². The summed E-state index contributed by atoms with van der Waals surface area (Å²) in [6.45, 7) is 0.608. The van der Waals surface area contributed by atoms with Crippen molar-refractivity contribution in [2.75, 3.05) is 6.54 Å². The van der Waals surface area contributed by atoms with Crippen molar-refractivity contribution in [3.05, 3.63) is 35.9 Å². The molecule has 4 unspecified atom stereocenters. The van der Waals surface area contributed by atoms with Crippen molar-refractivity contribution in [2.24, 2.45) is 11.5 Å². The number of aliphatic hydroxyl groups is 1. The number of hydrogen-bond donors (Lipinski definition) is 7. The highest BCUT2D eigenvalue weighted by molar-refractivity contribution is 5.93. The third-order valence-corrected chi connectivity index (χ3v) is 4.16. The Morgan fingerprint density at radius 2 is 1.65 bits per heavy atom. The Hall–Kier alpha value is -3.51. The second kappa shape index (κ2) is 12.2. The fourth-order valence-corrected chi connectivity index (χ4v) is 2.55. The number of carbonyl (C=O) groups is 5. The number of nitrogens with two attached hydrogens (primary N) is 2. The van der Waals surface area contributed by atoms with Crippen LogP contribution in [-0.4, -0.2) is 70.6 Å². The van der Waals surface area contributed by atoms with Crippen LogP contribution in [0.3, 0.4) is 0 Å². The molecule has 0 bridgehead atoms. The minimum absolute atomic E-state index is 0.208. The Balaban J connectivity index is 2.62. The van der Waals surface area contributed by atoms with E-state index in [2.05, 4.69) is 10.6 Å². The van der Waals surface area contributed by atoms with E-state index < -0.39 is 66.8 Å². The van der Waals surface area contributed by atoms with Gasteiger partial charge in [-0.3, -0.25) is 19.2 Å². The number of nitrogens with one attached hydrogen (secondary N) is 3. The number of benzene rings is 1. The molecule has 4 amide bonds. The molecule has 0 aliphatic heterocycles. The summed E-state index contributed by atoms with van der Waals surface area (Å²) >= 11 is 0. The molecule has 1 rings (SSSR count). The van der Waals surface area contributed by atoms with Crippen molar-refractivity contribution in [1.82, 2.24) is 16.0 Å². The zero-order chi connectivity index (χ0) is 23.6. The van der Waals surface area contributed by atoms with Crippen LogP contribution in [0.5, 0.6) is 0 Å². The molecule has 12 heteroatoms. The summed E-state index contributed by atoms with van der Waals surface area (Å²) < 4.78 is 0. The average molecular weight is 437 g/mol. The quantitative estimate of drug-likeness (QED) is 0.178. The van der Waals surface area contributed by atoms with Crippen molar-refractivity contribution in [2.45, 2.75) is 44.0 Å². The van der Waals surface area contributed by atoms with Crippen LogP contribution in [0.4, 0.5) is 0 Å². The Labute approximate surface area is 178 Å². The first-order valence-corrected chi connectivity index (χ1v) is 9.37. The molecule has 1 aromatic rings. The Bertz CT molecular complexity index is 800. The predicted molar refractivity (Wildman–Crippen MR) is 108 cm³/mol. The van der Waals surface area contributed by atoms with Gasteiger partial charge in [0.25, 0.3) is 0 Å². The highest BCUT2D eigenvalue weighted by Crippen LogP contribution is 2.03. The largest absolute Gasteiger partial charge is 0.480 e.